The molecular formula is C29H26O3. The van der Waals surface area contributed by atoms with Crippen LogP contribution in [0.15, 0.2) is 109 Å². The highest BCUT2D eigenvalue weighted by molar-refractivity contribution is 5.83. The fourth-order valence-electron chi connectivity index (χ4n) is 3.72. The van der Waals surface area contributed by atoms with Gasteiger partial charge < -0.3 is 9.47 Å². The topological polar surface area (TPSA) is 35.5 Å². The summed E-state index contributed by atoms with van der Waals surface area (Å²) in [6.45, 7) is 2.12. The molecular weight excluding hydrogens is 396 g/mol. The smallest absolute Gasteiger partial charge is 0.347 e. The zero-order valence-electron chi connectivity index (χ0n) is 18.1. The van der Waals surface area contributed by atoms with Crippen LogP contribution in [0.25, 0.3) is 22.3 Å². The fourth-order valence-corrected chi connectivity index (χ4v) is 3.72. The zero-order valence-corrected chi connectivity index (χ0v) is 18.1. The van der Waals surface area contributed by atoms with Crippen LogP contribution in [0.1, 0.15) is 12.5 Å². The Bertz CT molecular complexity index is 1140. The molecule has 0 N–H and O–H groups in total. The molecule has 4 aromatic carbocycles. The highest BCUT2D eigenvalue weighted by Crippen LogP contribution is 2.33. The fraction of sp³-hybridized carbons (Fsp3) is 0.138. The molecule has 0 aliphatic heterocycles. The Kier molecular flexibility index (Phi) is 6.98. The van der Waals surface area contributed by atoms with Crippen molar-refractivity contribution in [3.05, 3.63) is 115 Å². The maximum absolute atomic E-state index is 12.5. The van der Waals surface area contributed by atoms with Crippen LogP contribution in [0.2, 0.25) is 0 Å². The van der Waals surface area contributed by atoms with Gasteiger partial charge in [0.15, 0.2) is 6.10 Å². The van der Waals surface area contributed by atoms with Crippen molar-refractivity contribution in [3.8, 4) is 28.0 Å². The Morgan fingerprint density at radius 3 is 1.81 bits per heavy atom. The van der Waals surface area contributed by atoms with Gasteiger partial charge in [-0.2, -0.15) is 0 Å². The number of esters is 1. The monoisotopic (exact) mass is 422 g/mol. The average Bonchev–Trinajstić information content (AvgIpc) is 2.85. The molecule has 0 heterocycles. The standard InChI is InChI=1S/C29H26O3/c1-2-31-29(30)28(21-22-11-5-3-6-12-22)32-25-19-17-24(18-20-25)27-16-10-9-15-26(27)23-13-7-4-8-14-23/h3-20,28H,2,21H2,1H3/t28-/m0/s1. The summed E-state index contributed by atoms with van der Waals surface area (Å²) >= 11 is 0. The van der Waals surface area contributed by atoms with Gasteiger partial charge in [-0.15, -0.1) is 0 Å². The first kappa shape index (κ1) is 21.4. The predicted octanol–water partition coefficient (Wildman–Crippen LogP) is 6.57. The first-order chi connectivity index (χ1) is 15.7. The van der Waals surface area contributed by atoms with Gasteiger partial charge in [-0.1, -0.05) is 97.1 Å². The molecule has 160 valence electrons. The molecule has 3 nitrogen and oxygen atoms in total. The van der Waals surface area contributed by atoms with E-state index in [1.54, 1.807) is 6.92 Å². The molecule has 0 aliphatic rings. The molecule has 0 saturated heterocycles. The third-order valence-corrected chi connectivity index (χ3v) is 5.27. The number of ether oxygens (including phenoxy) is 2. The summed E-state index contributed by atoms with van der Waals surface area (Å²) in [7, 11) is 0. The lowest BCUT2D eigenvalue weighted by Crippen LogP contribution is -2.31. The van der Waals surface area contributed by atoms with Crippen LogP contribution in [-0.2, 0) is 16.0 Å². The number of benzene rings is 4. The molecule has 0 bridgehead atoms. The Morgan fingerprint density at radius 2 is 1.22 bits per heavy atom. The van der Waals surface area contributed by atoms with E-state index in [0.717, 1.165) is 16.7 Å². The average molecular weight is 423 g/mol. The van der Waals surface area contributed by atoms with Gasteiger partial charge in [0, 0.05) is 6.42 Å². The summed E-state index contributed by atoms with van der Waals surface area (Å²) in [5.74, 6) is 0.287. The first-order valence-corrected chi connectivity index (χ1v) is 10.9. The van der Waals surface area contributed by atoms with Crippen LogP contribution in [0.4, 0.5) is 0 Å². The molecule has 32 heavy (non-hydrogen) atoms. The lowest BCUT2D eigenvalue weighted by Gasteiger charge is -2.18. The number of carbonyl (C=O) groups is 1. The molecule has 0 spiro atoms. The molecule has 0 fully saturated rings. The van der Waals surface area contributed by atoms with E-state index in [-0.39, 0.29) is 5.97 Å². The van der Waals surface area contributed by atoms with Crippen molar-refractivity contribution in [1.29, 1.82) is 0 Å². The van der Waals surface area contributed by atoms with E-state index >= 15 is 0 Å². The van der Waals surface area contributed by atoms with Gasteiger partial charge in [0.25, 0.3) is 0 Å². The normalized spacial score (nSPS) is 11.5. The molecule has 0 saturated carbocycles. The van der Waals surface area contributed by atoms with Crippen LogP contribution in [0.5, 0.6) is 5.75 Å². The van der Waals surface area contributed by atoms with Gasteiger partial charge in [0.1, 0.15) is 5.75 Å². The second-order valence-corrected chi connectivity index (χ2v) is 7.48. The summed E-state index contributed by atoms with van der Waals surface area (Å²) in [6, 6.07) is 36.4. The third-order valence-electron chi connectivity index (χ3n) is 5.27. The number of rotatable bonds is 8. The van der Waals surface area contributed by atoms with Gasteiger partial charge >= 0.3 is 5.97 Å². The van der Waals surface area contributed by atoms with E-state index in [0.29, 0.717) is 18.8 Å². The van der Waals surface area contributed by atoms with Crippen LogP contribution in [0.3, 0.4) is 0 Å². The lowest BCUT2D eigenvalue weighted by atomic mass is 9.95. The van der Waals surface area contributed by atoms with Crippen molar-refractivity contribution in [2.75, 3.05) is 6.61 Å². The minimum atomic E-state index is -0.695. The van der Waals surface area contributed by atoms with Crippen molar-refractivity contribution < 1.29 is 14.3 Å². The summed E-state index contributed by atoms with van der Waals surface area (Å²) in [6.07, 6.45) is -0.238. The summed E-state index contributed by atoms with van der Waals surface area (Å²) < 4.78 is 11.3. The molecule has 0 aliphatic carbocycles. The van der Waals surface area contributed by atoms with Gasteiger partial charge in [-0.3, -0.25) is 0 Å². The summed E-state index contributed by atoms with van der Waals surface area (Å²) in [4.78, 5) is 12.5. The maximum Gasteiger partial charge on any atom is 0.347 e. The van der Waals surface area contributed by atoms with Gasteiger partial charge in [-0.25, -0.2) is 4.79 Å². The Hall–Kier alpha value is -3.85. The molecule has 1 atom stereocenters. The molecule has 0 amide bonds. The first-order valence-electron chi connectivity index (χ1n) is 10.9. The van der Waals surface area contributed by atoms with Crippen molar-refractivity contribution >= 4 is 5.97 Å². The SMILES string of the molecule is CCOC(=O)[C@H](Cc1ccccc1)Oc1ccc(-c2ccccc2-c2ccccc2)cc1. The highest BCUT2D eigenvalue weighted by atomic mass is 16.6. The lowest BCUT2D eigenvalue weighted by molar-refractivity contribution is -0.151. The minimum absolute atomic E-state index is 0.322. The summed E-state index contributed by atoms with van der Waals surface area (Å²) in [5, 5.41) is 0. The van der Waals surface area contributed by atoms with Crippen LogP contribution < -0.4 is 4.74 Å². The second-order valence-electron chi connectivity index (χ2n) is 7.48. The quantitative estimate of drug-likeness (QED) is 0.301. The Balaban J connectivity index is 1.56. The Labute approximate surface area is 189 Å². The van der Waals surface area contributed by atoms with E-state index in [9.17, 15) is 4.79 Å². The van der Waals surface area contributed by atoms with Gasteiger partial charge in [-0.05, 0) is 46.9 Å². The maximum atomic E-state index is 12.5. The largest absolute Gasteiger partial charge is 0.478 e. The van der Waals surface area contributed by atoms with Crippen LogP contribution in [-0.4, -0.2) is 18.7 Å². The van der Waals surface area contributed by atoms with E-state index in [4.69, 9.17) is 9.47 Å². The van der Waals surface area contributed by atoms with Crippen molar-refractivity contribution in [1.82, 2.24) is 0 Å². The number of hydrogen-bond donors (Lipinski definition) is 0. The van der Waals surface area contributed by atoms with Gasteiger partial charge in [0.2, 0.25) is 0 Å². The van der Waals surface area contributed by atoms with E-state index in [1.807, 2.05) is 78.9 Å². The molecule has 4 rings (SSSR count). The molecule has 3 heteroatoms. The van der Waals surface area contributed by atoms with Gasteiger partial charge in [0.05, 0.1) is 6.61 Å². The van der Waals surface area contributed by atoms with Crippen molar-refractivity contribution in [2.24, 2.45) is 0 Å². The summed E-state index contributed by atoms with van der Waals surface area (Å²) in [5.41, 5.74) is 5.62. The van der Waals surface area contributed by atoms with E-state index < -0.39 is 6.10 Å². The second kappa shape index (κ2) is 10.5. The Morgan fingerprint density at radius 1 is 0.688 bits per heavy atom. The van der Waals surface area contributed by atoms with Crippen LogP contribution in [0, 0.1) is 0 Å². The van der Waals surface area contributed by atoms with Crippen molar-refractivity contribution in [3.63, 3.8) is 0 Å². The zero-order chi connectivity index (χ0) is 22.2. The van der Waals surface area contributed by atoms with E-state index in [2.05, 4.69) is 30.3 Å². The molecule has 0 unspecified atom stereocenters. The third kappa shape index (κ3) is 5.25. The van der Waals surface area contributed by atoms with Crippen LogP contribution >= 0.6 is 0 Å². The molecule has 0 aromatic heterocycles. The minimum Gasteiger partial charge on any atom is -0.478 e. The highest BCUT2D eigenvalue weighted by Gasteiger charge is 2.22. The number of carbonyl (C=O) groups excluding carboxylic acids is 1. The van der Waals surface area contributed by atoms with Crippen molar-refractivity contribution in [2.45, 2.75) is 19.4 Å². The number of hydrogen-bond acceptors (Lipinski definition) is 3. The van der Waals surface area contributed by atoms with E-state index in [1.165, 1.54) is 11.1 Å². The molecule has 4 aromatic rings. The predicted molar refractivity (Wildman–Crippen MR) is 129 cm³/mol. The molecule has 0 radical (unpaired) electrons.